The fourth-order valence-corrected chi connectivity index (χ4v) is 1.45. The number of carbonyl (C=O) groups excluding carboxylic acids is 2. The van der Waals surface area contributed by atoms with E-state index in [1.165, 1.54) is 24.3 Å². The van der Waals surface area contributed by atoms with Crippen LogP contribution in [0.5, 0.6) is 0 Å². The van der Waals surface area contributed by atoms with E-state index >= 15 is 0 Å². The second-order valence-electron chi connectivity index (χ2n) is 3.65. The van der Waals surface area contributed by atoms with Gasteiger partial charge in [-0.2, -0.15) is 0 Å². The quantitative estimate of drug-likeness (QED) is 0.651. The number of aromatic nitrogens is 1. The Morgan fingerprint density at radius 1 is 1.56 bits per heavy atom. The van der Waals surface area contributed by atoms with Crippen LogP contribution in [0.4, 0.5) is 5.69 Å². The van der Waals surface area contributed by atoms with Gasteiger partial charge in [-0.15, -0.1) is 0 Å². The first-order valence-electron chi connectivity index (χ1n) is 5.19. The van der Waals surface area contributed by atoms with E-state index in [2.05, 4.69) is 9.72 Å². The van der Waals surface area contributed by atoms with Crippen molar-refractivity contribution < 1.29 is 14.3 Å². The minimum absolute atomic E-state index is 0.122. The highest BCUT2D eigenvalue weighted by Gasteiger charge is 2.16. The van der Waals surface area contributed by atoms with Gasteiger partial charge in [-0.3, -0.25) is 9.59 Å². The van der Waals surface area contributed by atoms with Crippen molar-refractivity contribution >= 4 is 29.2 Å². The van der Waals surface area contributed by atoms with Crippen molar-refractivity contribution in [3.8, 4) is 0 Å². The topological polar surface area (TPSA) is 85.5 Å². The smallest absolute Gasteiger partial charge is 0.307 e. The molecular weight excluding hydrogens is 258 g/mol. The molecule has 0 aliphatic heterocycles. The summed E-state index contributed by atoms with van der Waals surface area (Å²) in [6.45, 7) is 0.241. The third-order valence-corrected chi connectivity index (χ3v) is 2.56. The van der Waals surface area contributed by atoms with Crippen LogP contribution in [0.25, 0.3) is 0 Å². The fraction of sp³-hybridized carbons (Fsp3) is 0.364. The maximum atomic E-state index is 12.0. The van der Waals surface area contributed by atoms with Gasteiger partial charge in [-0.25, -0.2) is 4.98 Å². The van der Waals surface area contributed by atoms with E-state index in [1.807, 2.05) is 0 Å². The lowest BCUT2D eigenvalue weighted by molar-refractivity contribution is -0.140. The number of pyridine rings is 1. The summed E-state index contributed by atoms with van der Waals surface area (Å²) in [6.07, 6.45) is 1.45. The average molecular weight is 272 g/mol. The molecule has 0 bridgehead atoms. The zero-order valence-corrected chi connectivity index (χ0v) is 10.9. The Hall–Kier alpha value is -1.82. The number of halogens is 1. The molecule has 7 heteroatoms. The highest BCUT2D eigenvalue weighted by molar-refractivity contribution is 6.29. The van der Waals surface area contributed by atoms with Gasteiger partial charge >= 0.3 is 5.97 Å². The second-order valence-corrected chi connectivity index (χ2v) is 4.03. The lowest BCUT2D eigenvalue weighted by Gasteiger charge is -2.17. The van der Waals surface area contributed by atoms with Crippen LogP contribution in [0, 0.1) is 0 Å². The first-order valence-corrected chi connectivity index (χ1v) is 5.56. The largest absolute Gasteiger partial charge is 0.469 e. The summed E-state index contributed by atoms with van der Waals surface area (Å²) in [5, 5.41) is 0.189. The van der Waals surface area contributed by atoms with Crippen LogP contribution >= 0.6 is 11.6 Å². The maximum absolute atomic E-state index is 12.0. The molecule has 0 aliphatic rings. The van der Waals surface area contributed by atoms with Crippen molar-refractivity contribution in [2.45, 2.75) is 6.42 Å². The Morgan fingerprint density at radius 2 is 2.22 bits per heavy atom. The molecule has 0 saturated carbocycles. The zero-order chi connectivity index (χ0) is 13.7. The van der Waals surface area contributed by atoms with Gasteiger partial charge in [0.25, 0.3) is 5.91 Å². The van der Waals surface area contributed by atoms with Crippen LogP contribution in [-0.4, -0.2) is 42.5 Å². The number of nitrogen functional groups attached to an aromatic ring is 1. The number of nitrogens with two attached hydrogens (primary N) is 1. The number of hydrogen-bond donors (Lipinski definition) is 1. The minimum atomic E-state index is -0.379. The SMILES string of the molecule is COC(=O)CCN(C)C(=O)c1cc(Cl)ncc1N. The molecule has 0 fully saturated rings. The lowest BCUT2D eigenvalue weighted by atomic mass is 10.2. The molecule has 0 atom stereocenters. The Balaban J connectivity index is 2.74. The number of ether oxygens (including phenoxy) is 1. The van der Waals surface area contributed by atoms with E-state index in [0.717, 1.165) is 0 Å². The number of nitrogens with zero attached hydrogens (tertiary/aromatic N) is 2. The van der Waals surface area contributed by atoms with Crippen LogP contribution < -0.4 is 5.73 Å². The molecular formula is C11H14ClN3O3. The Morgan fingerprint density at radius 3 is 2.83 bits per heavy atom. The zero-order valence-electron chi connectivity index (χ0n) is 10.1. The molecule has 0 aliphatic carbocycles. The molecule has 0 unspecified atom stereocenters. The number of carbonyl (C=O) groups is 2. The van der Waals surface area contributed by atoms with E-state index in [-0.39, 0.29) is 41.2 Å². The van der Waals surface area contributed by atoms with Crippen molar-refractivity contribution in [1.29, 1.82) is 0 Å². The maximum Gasteiger partial charge on any atom is 0.307 e. The van der Waals surface area contributed by atoms with Crippen LogP contribution in [0.3, 0.4) is 0 Å². The molecule has 2 N–H and O–H groups in total. The number of amides is 1. The highest BCUT2D eigenvalue weighted by Crippen LogP contribution is 2.16. The predicted molar refractivity (Wildman–Crippen MR) is 67.3 cm³/mol. The molecule has 1 rings (SSSR count). The molecule has 1 amide bonds. The Bertz CT molecular complexity index is 465. The number of hydrogen-bond acceptors (Lipinski definition) is 5. The number of anilines is 1. The molecule has 0 aromatic carbocycles. The molecule has 1 heterocycles. The molecule has 0 radical (unpaired) electrons. The molecule has 1 aromatic heterocycles. The fourth-order valence-electron chi connectivity index (χ4n) is 1.29. The van der Waals surface area contributed by atoms with Gasteiger partial charge in [-0.05, 0) is 6.07 Å². The predicted octanol–water partition coefficient (Wildman–Crippen LogP) is 0.952. The summed E-state index contributed by atoms with van der Waals surface area (Å²) in [5.74, 6) is -0.698. The summed E-state index contributed by atoms with van der Waals surface area (Å²) in [6, 6.07) is 1.40. The van der Waals surface area contributed by atoms with Crippen LogP contribution in [-0.2, 0) is 9.53 Å². The third kappa shape index (κ3) is 3.59. The summed E-state index contributed by atoms with van der Waals surface area (Å²) >= 11 is 5.70. The molecule has 98 valence electrons. The Labute approximate surface area is 110 Å². The standard InChI is InChI=1S/C11H14ClN3O3/c1-15(4-3-10(16)18-2)11(17)7-5-9(12)14-6-8(7)13/h5-6H,3-4,13H2,1-2H3. The van der Waals surface area contributed by atoms with Crippen molar-refractivity contribution in [3.05, 3.63) is 23.0 Å². The molecule has 6 nitrogen and oxygen atoms in total. The average Bonchev–Trinajstić information content (AvgIpc) is 2.37. The summed E-state index contributed by atoms with van der Waals surface area (Å²) in [5.41, 5.74) is 6.16. The number of methoxy groups -OCH3 is 1. The van der Waals surface area contributed by atoms with E-state index in [1.54, 1.807) is 7.05 Å². The second kappa shape index (κ2) is 6.20. The van der Waals surface area contributed by atoms with Crippen molar-refractivity contribution in [2.75, 3.05) is 26.4 Å². The number of esters is 1. The van der Waals surface area contributed by atoms with Crippen molar-refractivity contribution in [1.82, 2.24) is 9.88 Å². The van der Waals surface area contributed by atoms with Gasteiger partial charge in [0.2, 0.25) is 0 Å². The summed E-state index contributed by atoms with van der Waals surface area (Å²) in [7, 11) is 2.86. The minimum Gasteiger partial charge on any atom is -0.469 e. The lowest BCUT2D eigenvalue weighted by Crippen LogP contribution is -2.30. The van der Waals surface area contributed by atoms with Gasteiger partial charge < -0.3 is 15.4 Å². The van der Waals surface area contributed by atoms with Gasteiger partial charge in [0.15, 0.2) is 0 Å². The molecule has 1 aromatic rings. The van der Waals surface area contributed by atoms with E-state index in [0.29, 0.717) is 0 Å². The third-order valence-electron chi connectivity index (χ3n) is 2.36. The monoisotopic (exact) mass is 271 g/mol. The van der Waals surface area contributed by atoms with Gasteiger partial charge in [0, 0.05) is 13.6 Å². The summed E-state index contributed by atoms with van der Waals surface area (Å²) in [4.78, 5) is 28.1. The van der Waals surface area contributed by atoms with Crippen molar-refractivity contribution in [3.63, 3.8) is 0 Å². The van der Waals surface area contributed by atoms with E-state index in [4.69, 9.17) is 17.3 Å². The van der Waals surface area contributed by atoms with Gasteiger partial charge in [-0.1, -0.05) is 11.6 Å². The normalized spacial score (nSPS) is 9.94. The molecule has 18 heavy (non-hydrogen) atoms. The van der Waals surface area contributed by atoms with Crippen LogP contribution in [0.1, 0.15) is 16.8 Å². The highest BCUT2D eigenvalue weighted by atomic mass is 35.5. The first-order chi connectivity index (χ1) is 8.45. The Kier molecular flexibility index (Phi) is 4.91. The van der Waals surface area contributed by atoms with Crippen molar-refractivity contribution in [2.24, 2.45) is 0 Å². The van der Waals surface area contributed by atoms with Crippen LogP contribution in [0.2, 0.25) is 5.15 Å². The van der Waals surface area contributed by atoms with E-state index in [9.17, 15) is 9.59 Å². The number of rotatable bonds is 4. The first kappa shape index (κ1) is 14.2. The van der Waals surface area contributed by atoms with Gasteiger partial charge in [0.1, 0.15) is 5.15 Å². The molecule has 0 spiro atoms. The van der Waals surface area contributed by atoms with E-state index < -0.39 is 0 Å². The molecule has 0 saturated heterocycles. The van der Waals surface area contributed by atoms with Crippen LogP contribution in [0.15, 0.2) is 12.3 Å². The summed E-state index contributed by atoms with van der Waals surface area (Å²) < 4.78 is 4.50. The van der Waals surface area contributed by atoms with Gasteiger partial charge in [0.05, 0.1) is 31.0 Å².